The summed E-state index contributed by atoms with van der Waals surface area (Å²) in [4.78, 5) is 12.0. The maximum atomic E-state index is 12.0. The van der Waals surface area contributed by atoms with Crippen LogP contribution < -0.4 is 5.32 Å². The van der Waals surface area contributed by atoms with Crippen LogP contribution in [0.1, 0.15) is 16.1 Å². The van der Waals surface area contributed by atoms with E-state index < -0.39 is 0 Å². The molecule has 94 valence electrons. The fraction of sp³-hybridized carbons (Fsp3) is 0.167. The lowest BCUT2D eigenvalue weighted by Gasteiger charge is -2.04. The zero-order chi connectivity index (χ0) is 13.3. The second kappa shape index (κ2) is 5.00. The number of benzene rings is 1. The average molecular weight is 284 g/mol. The Hall–Kier alpha value is -1.52. The van der Waals surface area contributed by atoms with E-state index in [0.29, 0.717) is 21.3 Å². The molecule has 0 saturated heterocycles. The van der Waals surface area contributed by atoms with Crippen LogP contribution in [0.4, 0.5) is 5.69 Å². The summed E-state index contributed by atoms with van der Waals surface area (Å²) < 4.78 is 1.64. The number of nitrogens with zero attached hydrogens (tertiary/aromatic N) is 2. The Balaban J connectivity index is 2.22. The van der Waals surface area contributed by atoms with Crippen LogP contribution in [0.3, 0.4) is 0 Å². The zero-order valence-corrected chi connectivity index (χ0v) is 11.4. The van der Waals surface area contributed by atoms with Gasteiger partial charge in [0.2, 0.25) is 0 Å². The lowest BCUT2D eigenvalue weighted by Crippen LogP contribution is -2.12. The van der Waals surface area contributed by atoms with Gasteiger partial charge in [-0.15, -0.1) is 0 Å². The van der Waals surface area contributed by atoms with Gasteiger partial charge in [0, 0.05) is 18.8 Å². The molecule has 0 aliphatic heterocycles. The molecule has 0 spiro atoms. The summed E-state index contributed by atoms with van der Waals surface area (Å²) in [5, 5.41) is 7.69. The van der Waals surface area contributed by atoms with Crippen molar-refractivity contribution in [2.24, 2.45) is 7.05 Å². The zero-order valence-electron chi connectivity index (χ0n) is 9.87. The molecule has 2 aromatic rings. The van der Waals surface area contributed by atoms with Gasteiger partial charge in [-0.3, -0.25) is 9.48 Å². The van der Waals surface area contributed by atoms with Crippen molar-refractivity contribution < 1.29 is 4.79 Å². The van der Waals surface area contributed by atoms with Gasteiger partial charge in [0.1, 0.15) is 0 Å². The van der Waals surface area contributed by atoms with E-state index in [0.717, 1.165) is 5.69 Å². The maximum absolute atomic E-state index is 12.0. The summed E-state index contributed by atoms with van der Waals surface area (Å²) >= 11 is 11.7. The van der Waals surface area contributed by atoms with E-state index in [-0.39, 0.29) is 5.91 Å². The van der Waals surface area contributed by atoms with Crippen molar-refractivity contribution in [3.8, 4) is 0 Å². The summed E-state index contributed by atoms with van der Waals surface area (Å²) in [5.74, 6) is -0.246. The predicted molar refractivity (Wildman–Crippen MR) is 72.4 cm³/mol. The third-order valence-electron chi connectivity index (χ3n) is 2.44. The van der Waals surface area contributed by atoms with Crippen LogP contribution in [0.2, 0.25) is 10.0 Å². The molecule has 0 bridgehead atoms. The Labute approximate surface area is 115 Å². The highest BCUT2D eigenvalue weighted by molar-refractivity contribution is 6.42. The number of aryl methyl sites for hydroxylation is 2. The van der Waals surface area contributed by atoms with Gasteiger partial charge < -0.3 is 5.32 Å². The van der Waals surface area contributed by atoms with Gasteiger partial charge in [-0.05, 0) is 25.1 Å². The Morgan fingerprint density at radius 3 is 2.61 bits per heavy atom. The van der Waals surface area contributed by atoms with Crippen LogP contribution in [0, 0.1) is 6.92 Å². The van der Waals surface area contributed by atoms with Crippen LogP contribution in [-0.2, 0) is 7.05 Å². The summed E-state index contributed by atoms with van der Waals surface area (Å²) in [6, 6.07) is 4.75. The standard InChI is InChI=1S/C12H11Cl2N3O/c1-7-11(6-17(2)16-7)15-12(18)8-3-4-9(13)10(14)5-8/h3-6H,1-2H3,(H,15,18). The molecule has 0 unspecified atom stereocenters. The lowest BCUT2D eigenvalue weighted by atomic mass is 10.2. The summed E-state index contributed by atoms with van der Waals surface area (Å²) in [6.45, 7) is 1.82. The third-order valence-corrected chi connectivity index (χ3v) is 3.18. The van der Waals surface area contributed by atoms with E-state index in [1.54, 1.807) is 30.1 Å². The van der Waals surface area contributed by atoms with Crippen molar-refractivity contribution >= 4 is 34.8 Å². The Kier molecular flexibility index (Phi) is 3.59. The molecule has 2 rings (SSSR count). The molecule has 0 aliphatic carbocycles. The van der Waals surface area contributed by atoms with Gasteiger partial charge in [0.05, 0.1) is 21.4 Å². The fourth-order valence-corrected chi connectivity index (χ4v) is 1.85. The number of halogens is 2. The molecular weight excluding hydrogens is 273 g/mol. The van der Waals surface area contributed by atoms with Crippen LogP contribution in [0.5, 0.6) is 0 Å². The van der Waals surface area contributed by atoms with E-state index in [9.17, 15) is 4.79 Å². The number of carbonyl (C=O) groups excluding carboxylic acids is 1. The van der Waals surface area contributed by atoms with Gasteiger partial charge in [0.15, 0.2) is 0 Å². The number of rotatable bonds is 2. The molecule has 0 aliphatic rings. The minimum atomic E-state index is -0.246. The Morgan fingerprint density at radius 2 is 2.06 bits per heavy atom. The molecule has 1 amide bonds. The smallest absolute Gasteiger partial charge is 0.255 e. The van der Waals surface area contributed by atoms with Gasteiger partial charge in [-0.25, -0.2) is 0 Å². The highest BCUT2D eigenvalue weighted by Crippen LogP contribution is 2.23. The van der Waals surface area contributed by atoms with Crippen molar-refractivity contribution in [2.45, 2.75) is 6.92 Å². The second-order valence-electron chi connectivity index (χ2n) is 3.88. The first-order valence-corrected chi connectivity index (χ1v) is 5.99. The molecule has 1 aromatic carbocycles. The summed E-state index contributed by atoms with van der Waals surface area (Å²) in [6.07, 6.45) is 1.74. The van der Waals surface area contributed by atoms with Gasteiger partial charge >= 0.3 is 0 Å². The first-order chi connectivity index (χ1) is 8.47. The van der Waals surface area contributed by atoms with Crippen LogP contribution in [0.15, 0.2) is 24.4 Å². The highest BCUT2D eigenvalue weighted by atomic mass is 35.5. The molecule has 6 heteroatoms. The summed E-state index contributed by atoms with van der Waals surface area (Å²) in [5.41, 5.74) is 1.88. The third kappa shape index (κ3) is 2.66. The normalized spacial score (nSPS) is 10.4. The van der Waals surface area contributed by atoms with Crippen molar-refractivity contribution in [1.82, 2.24) is 9.78 Å². The predicted octanol–water partition coefficient (Wildman–Crippen LogP) is 3.29. The average Bonchev–Trinajstić information content (AvgIpc) is 2.61. The monoisotopic (exact) mass is 283 g/mol. The number of hydrogen-bond acceptors (Lipinski definition) is 2. The van der Waals surface area contributed by atoms with Crippen molar-refractivity contribution in [3.05, 3.63) is 45.7 Å². The molecule has 4 nitrogen and oxygen atoms in total. The molecule has 0 saturated carbocycles. The molecule has 1 aromatic heterocycles. The minimum Gasteiger partial charge on any atom is -0.319 e. The maximum Gasteiger partial charge on any atom is 0.255 e. The van der Waals surface area contributed by atoms with E-state index in [1.165, 1.54) is 6.07 Å². The van der Waals surface area contributed by atoms with Crippen LogP contribution >= 0.6 is 23.2 Å². The molecule has 18 heavy (non-hydrogen) atoms. The number of anilines is 1. The van der Waals surface area contributed by atoms with E-state index in [2.05, 4.69) is 10.4 Å². The molecule has 1 N–H and O–H groups in total. The van der Waals surface area contributed by atoms with E-state index in [4.69, 9.17) is 23.2 Å². The van der Waals surface area contributed by atoms with Gasteiger partial charge in [-0.1, -0.05) is 23.2 Å². The van der Waals surface area contributed by atoms with Crippen molar-refractivity contribution in [1.29, 1.82) is 0 Å². The van der Waals surface area contributed by atoms with Gasteiger partial charge in [0.25, 0.3) is 5.91 Å². The number of nitrogens with one attached hydrogen (secondary N) is 1. The SMILES string of the molecule is Cc1nn(C)cc1NC(=O)c1ccc(Cl)c(Cl)c1. The number of aromatic nitrogens is 2. The Bertz CT molecular complexity index is 607. The second-order valence-corrected chi connectivity index (χ2v) is 4.70. The van der Waals surface area contributed by atoms with Gasteiger partial charge in [-0.2, -0.15) is 5.10 Å². The largest absolute Gasteiger partial charge is 0.319 e. The number of amides is 1. The first kappa shape index (κ1) is 12.9. The minimum absolute atomic E-state index is 0.246. The first-order valence-electron chi connectivity index (χ1n) is 5.24. The van der Waals surface area contributed by atoms with Crippen LogP contribution in [0.25, 0.3) is 0 Å². The topological polar surface area (TPSA) is 46.9 Å². The molecule has 0 atom stereocenters. The number of hydrogen-bond donors (Lipinski definition) is 1. The molecular formula is C12H11Cl2N3O. The summed E-state index contributed by atoms with van der Waals surface area (Å²) in [7, 11) is 1.79. The fourth-order valence-electron chi connectivity index (χ4n) is 1.55. The highest BCUT2D eigenvalue weighted by Gasteiger charge is 2.11. The van der Waals surface area contributed by atoms with Crippen molar-refractivity contribution in [3.63, 3.8) is 0 Å². The van der Waals surface area contributed by atoms with E-state index in [1.807, 2.05) is 6.92 Å². The molecule has 0 radical (unpaired) electrons. The molecule has 0 fully saturated rings. The molecule has 1 heterocycles. The Morgan fingerprint density at radius 1 is 1.33 bits per heavy atom. The van der Waals surface area contributed by atoms with Crippen LogP contribution in [-0.4, -0.2) is 15.7 Å². The van der Waals surface area contributed by atoms with Crippen molar-refractivity contribution in [2.75, 3.05) is 5.32 Å². The lowest BCUT2D eigenvalue weighted by molar-refractivity contribution is 0.102. The van der Waals surface area contributed by atoms with E-state index >= 15 is 0 Å². The quantitative estimate of drug-likeness (QED) is 0.919. The number of carbonyl (C=O) groups is 1.